The summed E-state index contributed by atoms with van der Waals surface area (Å²) < 4.78 is 25.5. The van der Waals surface area contributed by atoms with Gasteiger partial charge in [0.25, 0.3) is 0 Å². The third-order valence-electron chi connectivity index (χ3n) is 2.64. The number of hydrogen-bond donors (Lipinski definition) is 1. The van der Waals surface area contributed by atoms with Crippen LogP contribution in [-0.2, 0) is 23.1 Å². The van der Waals surface area contributed by atoms with Gasteiger partial charge in [-0.25, -0.2) is 4.39 Å². The molecule has 0 radical (unpaired) electrons. The number of benzene rings is 2. The first-order valence-corrected chi connectivity index (χ1v) is 6.93. The molecule has 2 aromatic carbocycles. The summed E-state index contributed by atoms with van der Waals surface area (Å²) in [7, 11) is -1.36. The average Bonchev–Trinajstić information content (AvgIpc) is 2.40. The van der Waals surface area contributed by atoms with Crippen LogP contribution >= 0.6 is 0 Å². The highest BCUT2D eigenvalue weighted by molar-refractivity contribution is 7.84. The predicted molar refractivity (Wildman–Crippen MR) is 70.8 cm³/mol. The minimum atomic E-state index is -1.36. The number of halogens is 1. The lowest BCUT2D eigenvalue weighted by Gasteiger charge is -2.04. The molecule has 0 saturated carbocycles. The van der Waals surface area contributed by atoms with E-state index in [-0.39, 0.29) is 4.90 Å². The highest BCUT2D eigenvalue weighted by Crippen LogP contribution is 2.16. The van der Waals surface area contributed by atoms with Crippen molar-refractivity contribution in [3.05, 3.63) is 65.5 Å². The summed E-state index contributed by atoms with van der Waals surface area (Å²) in [5.74, 6) is -0.111. The van der Waals surface area contributed by atoms with E-state index in [1.807, 2.05) is 24.3 Å². The Balaban J connectivity index is 2.14. The maximum absolute atomic E-state index is 13.5. The van der Waals surface area contributed by atoms with Gasteiger partial charge in [0.05, 0.1) is 21.4 Å². The highest BCUT2D eigenvalue weighted by atomic mass is 32.2. The van der Waals surface area contributed by atoms with E-state index in [1.165, 1.54) is 6.07 Å². The van der Waals surface area contributed by atoms with Crippen molar-refractivity contribution in [2.24, 2.45) is 5.73 Å². The van der Waals surface area contributed by atoms with Crippen LogP contribution in [0.15, 0.2) is 53.4 Å². The summed E-state index contributed by atoms with van der Waals surface area (Å²) in [6, 6.07) is 13.7. The second-order valence-electron chi connectivity index (χ2n) is 3.94. The Morgan fingerprint density at radius 2 is 1.61 bits per heavy atom. The molecule has 0 aromatic heterocycles. The van der Waals surface area contributed by atoms with Crippen LogP contribution in [0.4, 0.5) is 4.39 Å². The van der Waals surface area contributed by atoms with Crippen LogP contribution in [-0.4, -0.2) is 4.21 Å². The van der Waals surface area contributed by atoms with Gasteiger partial charge in [0.2, 0.25) is 0 Å². The standard InChI is InChI=1S/C14H14FNOS/c15-13-3-1-2-4-14(13)18(17)10-12-7-5-11(9-16)6-8-12/h1-8H,9-10,16H2. The molecule has 0 aliphatic rings. The van der Waals surface area contributed by atoms with Crippen LogP contribution in [0.3, 0.4) is 0 Å². The Morgan fingerprint density at radius 1 is 1.00 bits per heavy atom. The zero-order valence-electron chi connectivity index (χ0n) is 9.80. The monoisotopic (exact) mass is 263 g/mol. The minimum absolute atomic E-state index is 0.250. The maximum atomic E-state index is 13.5. The largest absolute Gasteiger partial charge is 0.326 e. The van der Waals surface area contributed by atoms with Crippen LogP contribution in [0.25, 0.3) is 0 Å². The van der Waals surface area contributed by atoms with Crippen molar-refractivity contribution in [3.63, 3.8) is 0 Å². The van der Waals surface area contributed by atoms with E-state index in [1.54, 1.807) is 18.2 Å². The minimum Gasteiger partial charge on any atom is -0.326 e. The summed E-state index contributed by atoms with van der Waals surface area (Å²) in [5, 5.41) is 0. The van der Waals surface area contributed by atoms with Crippen molar-refractivity contribution in [2.45, 2.75) is 17.2 Å². The molecule has 1 atom stereocenters. The van der Waals surface area contributed by atoms with Crippen molar-refractivity contribution in [2.75, 3.05) is 0 Å². The van der Waals surface area contributed by atoms with E-state index < -0.39 is 16.6 Å². The van der Waals surface area contributed by atoms with Crippen LogP contribution in [0.5, 0.6) is 0 Å². The molecule has 0 bridgehead atoms. The van der Waals surface area contributed by atoms with Gasteiger partial charge in [0.1, 0.15) is 5.82 Å². The number of rotatable bonds is 4. The third kappa shape index (κ3) is 3.03. The lowest BCUT2D eigenvalue weighted by atomic mass is 10.1. The maximum Gasteiger partial charge on any atom is 0.139 e. The van der Waals surface area contributed by atoms with Gasteiger partial charge in [0, 0.05) is 6.54 Å². The molecule has 18 heavy (non-hydrogen) atoms. The zero-order valence-corrected chi connectivity index (χ0v) is 10.6. The van der Waals surface area contributed by atoms with Gasteiger partial charge in [-0.05, 0) is 23.3 Å². The Hall–Kier alpha value is -1.52. The van der Waals surface area contributed by atoms with Gasteiger partial charge in [-0.2, -0.15) is 0 Å². The SMILES string of the molecule is NCc1ccc(CS(=O)c2ccccc2F)cc1. The fourth-order valence-electron chi connectivity index (χ4n) is 1.63. The molecule has 4 heteroatoms. The Morgan fingerprint density at radius 3 is 2.22 bits per heavy atom. The zero-order chi connectivity index (χ0) is 13.0. The van der Waals surface area contributed by atoms with E-state index in [9.17, 15) is 8.60 Å². The smallest absolute Gasteiger partial charge is 0.139 e. The fraction of sp³-hybridized carbons (Fsp3) is 0.143. The molecule has 2 rings (SSSR count). The summed E-state index contributed by atoms with van der Waals surface area (Å²) in [6.45, 7) is 0.483. The van der Waals surface area contributed by atoms with Crippen molar-refractivity contribution < 1.29 is 8.60 Å². The molecule has 0 aliphatic carbocycles. The van der Waals surface area contributed by atoms with Crippen molar-refractivity contribution in [1.29, 1.82) is 0 Å². The van der Waals surface area contributed by atoms with E-state index >= 15 is 0 Å². The van der Waals surface area contributed by atoms with Crippen LogP contribution in [0.2, 0.25) is 0 Å². The molecule has 0 fully saturated rings. The Labute approximate surface area is 108 Å². The number of hydrogen-bond acceptors (Lipinski definition) is 2. The van der Waals surface area contributed by atoms with Crippen molar-refractivity contribution >= 4 is 10.8 Å². The van der Waals surface area contributed by atoms with Gasteiger partial charge in [-0.3, -0.25) is 4.21 Å². The van der Waals surface area contributed by atoms with Gasteiger partial charge >= 0.3 is 0 Å². The molecule has 0 spiro atoms. The van der Waals surface area contributed by atoms with Gasteiger partial charge in [-0.1, -0.05) is 36.4 Å². The van der Waals surface area contributed by atoms with Crippen molar-refractivity contribution in [3.8, 4) is 0 Å². The molecule has 0 heterocycles. The number of nitrogens with two attached hydrogens (primary N) is 1. The van der Waals surface area contributed by atoms with Crippen molar-refractivity contribution in [1.82, 2.24) is 0 Å². The summed E-state index contributed by atoms with van der Waals surface area (Å²) in [5.41, 5.74) is 7.44. The molecule has 2 nitrogen and oxygen atoms in total. The van der Waals surface area contributed by atoms with Gasteiger partial charge < -0.3 is 5.73 Å². The first-order chi connectivity index (χ1) is 8.70. The Bertz CT molecular complexity index is 554. The lowest BCUT2D eigenvalue weighted by Crippen LogP contribution is -2.00. The molecule has 0 amide bonds. The third-order valence-corrected chi connectivity index (χ3v) is 4.06. The lowest BCUT2D eigenvalue weighted by molar-refractivity contribution is 0.595. The molecule has 2 N–H and O–H groups in total. The van der Waals surface area contributed by atoms with Crippen LogP contribution in [0.1, 0.15) is 11.1 Å². The average molecular weight is 263 g/mol. The van der Waals surface area contributed by atoms with Crippen LogP contribution < -0.4 is 5.73 Å². The molecular weight excluding hydrogens is 249 g/mol. The van der Waals surface area contributed by atoms with Gasteiger partial charge in [-0.15, -0.1) is 0 Å². The first kappa shape index (κ1) is 12.9. The highest BCUT2D eigenvalue weighted by Gasteiger charge is 2.09. The summed E-state index contributed by atoms with van der Waals surface area (Å²) in [6.07, 6.45) is 0. The molecule has 94 valence electrons. The molecule has 0 saturated heterocycles. The van der Waals surface area contributed by atoms with Gasteiger partial charge in [0.15, 0.2) is 0 Å². The topological polar surface area (TPSA) is 43.1 Å². The summed E-state index contributed by atoms with van der Waals surface area (Å²) in [4.78, 5) is 0.250. The van der Waals surface area contributed by atoms with E-state index in [4.69, 9.17) is 5.73 Å². The molecule has 0 aliphatic heterocycles. The van der Waals surface area contributed by atoms with E-state index in [0.717, 1.165) is 11.1 Å². The summed E-state index contributed by atoms with van der Waals surface area (Å²) >= 11 is 0. The quantitative estimate of drug-likeness (QED) is 0.921. The second-order valence-corrected chi connectivity index (χ2v) is 5.36. The van der Waals surface area contributed by atoms with E-state index in [2.05, 4.69) is 0 Å². The fourth-order valence-corrected chi connectivity index (χ4v) is 2.80. The van der Waals surface area contributed by atoms with Crippen LogP contribution in [0, 0.1) is 5.82 Å². The second kappa shape index (κ2) is 5.89. The molecule has 1 unspecified atom stereocenters. The normalized spacial score (nSPS) is 12.3. The first-order valence-electron chi connectivity index (χ1n) is 5.61. The molecule has 2 aromatic rings. The van der Waals surface area contributed by atoms with E-state index in [0.29, 0.717) is 12.3 Å². The predicted octanol–water partition coefficient (Wildman–Crippen LogP) is 2.59. The Kier molecular flexibility index (Phi) is 4.23. The molecular formula is C14H14FNOS.